The summed E-state index contributed by atoms with van der Waals surface area (Å²) in [5.74, 6) is 0.844. The van der Waals surface area contributed by atoms with Crippen LogP contribution in [0.2, 0.25) is 0 Å². The van der Waals surface area contributed by atoms with Crippen LogP contribution in [0, 0.1) is 5.92 Å². The van der Waals surface area contributed by atoms with Crippen LogP contribution in [-0.2, 0) is 0 Å². The normalized spacial score (nSPS) is 14.3. The Morgan fingerprint density at radius 3 is 2.45 bits per heavy atom. The van der Waals surface area contributed by atoms with Gasteiger partial charge in [0.05, 0.1) is 0 Å². The Kier molecular flexibility index (Phi) is 9.08. The van der Waals surface area contributed by atoms with Gasteiger partial charge < -0.3 is 0 Å². The summed E-state index contributed by atoms with van der Waals surface area (Å²) in [4.78, 5) is 0. The van der Waals surface area contributed by atoms with Crippen molar-refractivity contribution in [3.8, 4) is 0 Å². The molecule has 0 saturated heterocycles. The van der Waals surface area contributed by atoms with E-state index in [9.17, 15) is 0 Å². The van der Waals surface area contributed by atoms with Gasteiger partial charge in [0.2, 0.25) is 0 Å². The first-order valence-corrected chi connectivity index (χ1v) is 11.9. The van der Waals surface area contributed by atoms with Crippen molar-refractivity contribution in [1.29, 1.82) is 0 Å². The van der Waals surface area contributed by atoms with E-state index in [0.717, 1.165) is 5.92 Å². The van der Waals surface area contributed by atoms with E-state index in [-0.39, 0.29) is 0 Å². The molecule has 0 aliphatic carbocycles. The molecule has 0 aliphatic heterocycles. The van der Waals surface area contributed by atoms with Crippen molar-refractivity contribution >= 4 is 18.6 Å². The number of halogens is 2. The summed E-state index contributed by atoms with van der Waals surface area (Å²) in [6.07, 6.45) is 3.90. The van der Waals surface area contributed by atoms with Gasteiger partial charge in [0.1, 0.15) is 0 Å². The van der Waals surface area contributed by atoms with Crippen LogP contribution in [0.3, 0.4) is 0 Å². The van der Waals surface area contributed by atoms with Crippen LogP contribution in [0.15, 0.2) is 0 Å². The maximum absolute atomic E-state index is 5.89. The second kappa shape index (κ2) is 8.04. The van der Waals surface area contributed by atoms with Crippen molar-refractivity contribution in [3.05, 3.63) is 0 Å². The fraction of sp³-hybridized carbons (Fsp3) is 1.00. The van der Waals surface area contributed by atoms with Gasteiger partial charge >= 0.3 is 91.1 Å². The zero-order valence-corrected chi connectivity index (χ0v) is 11.6. The van der Waals surface area contributed by atoms with E-state index in [1.807, 2.05) is 0 Å². The van der Waals surface area contributed by atoms with E-state index in [1.165, 1.54) is 23.7 Å². The van der Waals surface area contributed by atoms with E-state index >= 15 is 0 Å². The van der Waals surface area contributed by atoms with Gasteiger partial charge in [-0.15, -0.1) is 0 Å². The minimum absolute atomic E-state index is 0.379. The van der Waals surface area contributed by atoms with Gasteiger partial charge in [-0.25, -0.2) is 0 Å². The van der Waals surface area contributed by atoms with E-state index in [1.54, 1.807) is 0 Å². The van der Waals surface area contributed by atoms with Crippen molar-refractivity contribution in [1.82, 2.24) is 0 Å². The van der Waals surface area contributed by atoms with Gasteiger partial charge in [-0.3, -0.25) is 0 Å². The molecule has 70 valence electrons. The molecule has 11 heavy (non-hydrogen) atoms. The fourth-order valence-corrected chi connectivity index (χ4v) is 4.68. The van der Waals surface area contributed by atoms with E-state index in [4.69, 9.17) is 5.73 Å². The number of rotatable bonds is 6. The molecule has 0 rings (SSSR count). The monoisotopic (exact) mass is 382 g/mol. The van der Waals surface area contributed by atoms with Crippen LogP contribution < -0.4 is 23.0 Å². The van der Waals surface area contributed by atoms with E-state index < -0.39 is 0 Å². The number of hydrogen-bond donors (Lipinski definition) is 1. The molecule has 2 N–H and O–H groups in total. The molecule has 0 aliphatic rings. The van der Waals surface area contributed by atoms with Crippen LogP contribution in [0.5, 0.6) is 0 Å². The Bertz CT molecular complexity index is 86.2. The molecule has 0 aromatic heterocycles. The molecule has 1 atom stereocenters. The molecular weight excluding hydrogens is 364 g/mol. The Labute approximate surface area is 90.3 Å². The number of nitrogens with two attached hydrogens (primary N) is 1. The Hall–Kier alpha value is 1.42. The molecule has 0 saturated carbocycles. The van der Waals surface area contributed by atoms with Crippen LogP contribution in [0.25, 0.3) is 0 Å². The van der Waals surface area contributed by atoms with E-state index in [2.05, 4.69) is 32.5 Å². The summed E-state index contributed by atoms with van der Waals surface area (Å²) in [5.41, 5.74) is 5.89. The molecule has 0 aromatic rings. The fourth-order valence-electron chi connectivity index (χ4n) is 0.940. The first-order valence-electron chi connectivity index (χ1n) is 4.12. The molecule has 0 spiro atoms. The quantitative estimate of drug-likeness (QED) is 0.491. The summed E-state index contributed by atoms with van der Waals surface area (Å²) < 4.78 is 1.29. The maximum atomic E-state index is 5.89. The average Bonchev–Trinajstić information content (AvgIpc) is 1.87. The molecule has 1 unspecified atom stereocenters. The third-order valence-electron chi connectivity index (χ3n) is 1.61. The van der Waals surface area contributed by atoms with Crippen molar-refractivity contribution in [2.75, 3.05) is 4.43 Å². The number of alkyl halides is 1. The van der Waals surface area contributed by atoms with Crippen LogP contribution >= 0.6 is 18.6 Å². The van der Waals surface area contributed by atoms with Crippen molar-refractivity contribution in [2.24, 2.45) is 11.7 Å². The van der Waals surface area contributed by atoms with Crippen molar-refractivity contribution < 1.29 is 17.2 Å². The topological polar surface area (TPSA) is 26.0 Å². The summed E-state index contributed by atoms with van der Waals surface area (Å²) >= 11 is 2.88. The van der Waals surface area contributed by atoms with E-state index in [0.29, 0.717) is 23.3 Å². The molecule has 3 heteroatoms. The molecule has 0 aromatic carbocycles. The molecule has 1 nitrogen and oxygen atoms in total. The number of hydrogen-bond acceptors (Lipinski definition) is 1. The Morgan fingerprint density at radius 2 is 2.00 bits per heavy atom. The summed E-state index contributed by atoms with van der Waals surface area (Å²) in [7, 11) is 0. The van der Waals surface area contributed by atoms with Gasteiger partial charge in [-0.1, -0.05) is 0 Å². The summed E-state index contributed by atoms with van der Waals surface area (Å²) in [6, 6.07) is 0.499. The molecule has 0 amide bonds. The zero-order valence-electron chi connectivity index (χ0n) is 7.32. The first kappa shape index (κ1) is 12.4. The first-order chi connectivity index (χ1) is 5.16. The SMILES string of the molecule is CC(C)CCCC(N)C[I-]I. The summed E-state index contributed by atoms with van der Waals surface area (Å²) in [6.45, 7) is 4.55. The van der Waals surface area contributed by atoms with Gasteiger partial charge in [-0.2, -0.15) is 0 Å². The minimum atomic E-state index is 0.379. The second-order valence-electron chi connectivity index (χ2n) is 3.34. The average molecular weight is 382 g/mol. The van der Waals surface area contributed by atoms with Crippen molar-refractivity contribution in [3.63, 3.8) is 0 Å². The third-order valence-corrected chi connectivity index (χ3v) is 5.31. The molecular formula is C8H18I2N-. The van der Waals surface area contributed by atoms with Gasteiger partial charge in [-0.05, 0) is 0 Å². The van der Waals surface area contributed by atoms with Crippen LogP contribution in [-0.4, -0.2) is 10.5 Å². The third kappa shape index (κ3) is 9.33. The predicted octanol–water partition coefficient (Wildman–Crippen LogP) is -0.421. The van der Waals surface area contributed by atoms with Crippen LogP contribution in [0.4, 0.5) is 0 Å². The van der Waals surface area contributed by atoms with Gasteiger partial charge in [0.15, 0.2) is 0 Å². The molecule has 0 fully saturated rings. The van der Waals surface area contributed by atoms with Crippen molar-refractivity contribution in [2.45, 2.75) is 39.2 Å². The van der Waals surface area contributed by atoms with Gasteiger partial charge in [0, 0.05) is 0 Å². The molecule has 0 bridgehead atoms. The Balaban J connectivity index is 3.10. The molecule has 0 radical (unpaired) electrons. The predicted molar refractivity (Wildman–Crippen MR) is 55.6 cm³/mol. The Morgan fingerprint density at radius 1 is 1.36 bits per heavy atom. The van der Waals surface area contributed by atoms with Gasteiger partial charge in [0.25, 0.3) is 0 Å². The van der Waals surface area contributed by atoms with Crippen LogP contribution in [0.1, 0.15) is 33.1 Å². The second-order valence-corrected chi connectivity index (χ2v) is 8.67. The standard InChI is InChI=1S/C8H18I2N/c1-7(2)4-3-5-8(11)6-10-9/h7-8H,3-6,11H2,1-2H3/q-1. The summed E-state index contributed by atoms with van der Waals surface area (Å²) in [5, 5.41) is 0. The zero-order chi connectivity index (χ0) is 8.69. The molecule has 0 heterocycles.